The predicted molar refractivity (Wildman–Crippen MR) is 132 cm³/mol. The van der Waals surface area contributed by atoms with Crippen LogP contribution >= 0.6 is 24.0 Å². The number of carbonyl (C=O) groups is 1. The molecule has 0 aliphatic carbocycles. The average molecular weight is 464 g/mol. The standard InChI is InChI=1S/C24H21N3O3S2/c1-14-11-17-12-16(9-10-19(17)30-14)13-20-22(28)26(24(31)32-20)21-15(2)25(3)27(23(21)29)18-7-5-4-6-8-18/h4-10,12-14H,11H2,1-3H3/b20-13-/t14-/m1/s1. The number of ether oxygens (including phenoxy) is 1. The molecule has 8 heteroatoms. The normalized spacial score (nSPS) is 19.0. The molecule has 2 aliphatic heterocycles. The molecule has 0 unspecified atom stereocenters. The summed E-state index contributed by atoms with van der Waals surface area (Å²) in [6, 6.07) is 15.2. The van der Waals surface area contributed by atoms with Gasteiger partial charge in [-0.3, -0.25) is 19.2 Å². The summed E-state index contributed by atoms with van der Waals surface area (Å²) >= 11 is 6.74. The van der Waals surface area contributed by atoms with Gasteiger partial charge in [-0.05, 0) is 55.3 Å². The van der Waals surface area contributed by atoms with Crippen LogP contribution in [0.3, 0.4) is 0 Å². The summed E-state index contributed by atoms with van der Waals surface area (Å²) in [5, 5.41) is 0. The van der Waals surface area contributed by atoms with Gasteiger partial charge < -0.3 is 4.74 Å². The Labute approximate surface area is 195 Å². The van der Waals surface area contributed by atoms with Crippen LogP contribution in [0.2, 0.25) is 0 Å². The zero-order valence-electron chi connectivity index (χ0n) is 17.9. The number of nitrogens with zero attached hydrogens (tertiary/aromatic N) is 3. The van der Waals surface area contributed by atoms with Crippen LogP contribution in [0, 0.1) is 6.92 Å². The molecule has 1 amide bonds. The third-order valence-corrected chi connectivity index (χ3v) is 7.06. The zero-order valence-corrected chi connectivity index (χ0v) is 19.5. The molecule has 1 aromatic heterocycles. The molecule has 0 spiro atoms. The summed E-state index contributed by atoms with van der Waals surface area (Å²) in [6.07, 6.45) is 2.84. The molecule has 1 saturated heterocycles. The number of thiocarbonyl (C=S) groups is 1. The maximum atomic E-state index is 13.4. The number of aromatic nitrogens is 2. The van der Waals surface area contributed by atoms with E-state index >= 15 is 0 Å². The molecule has 3 aromatic rings. The highest BCUT2D eigenvalue weighted by Crippen LogP contribution is 2.37. The molecular weight excluding hydrogens is 442 g/mol. The van der Waals surface area contributed by atoms with E-state index in [0.717, 1.165) is 29.0 Å². The number of rotatable bonds is 3. The van der Waals surface area contributed by atoms with Gasteiger partial charge in [0.15, 0.2) is 4.32 Å². The number of hydrogen-bond acceptors (Lipinski definition) is 5. The van der Waals surface area contributed by atoms with Crippen molar-refractivity contribution >= 4 is 46.0 Å². The molecule has 0 radical (unpaired) electrons. The summed E-state index contributed by atoms with van der Waals surface area (Å²) in [5.74, 6) is 0.611. The van der Waals surface area contributed by atoms with Gasteiger partial charge in [-0.2, -0.15) is 0 Å². The van der Waals surface area contributed by atoms with E-state index in [1.165, 1.54) is 16.7 Å². The first-order valence-electron chi connectivity index (χ1n) is 10.3. The second kappa shape index (κ2) is 7.79. The second-order valence-corrected chi connectivity index (χ2v) is 9.60. The molecular formula is C24H21N3O3S2. The first-order valence-corrected chi connectivity index (χ1v) is 11.5. The van der Waals surface area contributed by atoms with Crippen LogP contribution in [0.4, 0.5) is 5.69 Å². The Balaban J connectivity index is 1.53. The van der Waals surface area contributed by atoms with Gasteiger partial charge in [-0.25, -0.2) is 4.68 Å². The zero-order chi connectivity index (χ0) is 22.6. The van der Waals surface area contributed by atoms with Crippen molar-refractivity contribution in [3.8, 4) is 11.4 Å². The molecule has 1 fully saturated rings. The van der Waals surface area contributed by atoms with Gasteiger partial charge in [-0.1, -0.05) is 48.2 Å². The highest BCUT2D eigenvalue weighted by atomic mass is 32.2. The first kappa shape index (κ1) is 20.8. The van der Waals surface area contributed by atoms with Crippen molar-refractivity contribution in [1.29, 1.82) is 0 Å². The highest BCUT2D eigenvalue weighted by molar-refractivity contribution is 8.27. The van der Waals surface area contributed by atoms with Gasteiger partial charge in [0.1, 0.15) is 17.5 Å². The van der Waals surface area contributed by atoms with E-state index in [4.69, 9.17) is 17.0 Å². The van der Waals surface area contributed by atoms with Crippen LogP contribution in [0.1, 0.15) is 23.7 Å². The van der Waals surface area contributed by atoms with Gasteiger partial charge in [0.05, 0.1) is 16.3 Å². The van der Waals surface area contributed by atoms with Gasteiger partial charge in [-0.15, -0.1) is 0 Å². The molecule has 0 bridgehead atoms. The summed E-state index contributed by atoms with van der Waals surface area (Å²) in [5.41, 5.74) is 3.45. The lowest BCUT2D eigenvalue weighted by molar-refractivity contribution is -0.113. The molecule has 0 saturated carbocycles. The molecule has 32 heavy (non-hydrogen) atoms. The molecule has 1 atom stereocenters. The molecule has 3 heterocycles. The molecule has 2 aliphatic rings. The van der Waals surface area contributed by atoms with Crippen molar-refractivity contribution in [2.24, 2.45) is 7.05 Å². The lowest BCUT2D eigenvalue weighted by Crippen LogP contribution is -2.33. The lowest BCUT2D eigenvalue weighted by atomic mass is 10.1. The van der Waals surface area contributed by atoms with Crippen LogP contribution in [-0.2, 0) is 18.3 Å². The maximum absolute atomic E-state index is 13.4. The number of carbonyl (C=O) groups excluding carboxylic acids is 1. The first-order chi connectivity index (χ1) is 15.3. The number of para-hydroxylation sites is 1. The molecule has 162 valence electrons. The lowest BCUT2D eigenvalue weighted by Gasteiger charge is -2.12. The van der Waals surface area contributed by atoms with Crippen LogP contribution in [0.25, 0.3) is 11.8 Å². The van der Waals surface area contributed by atoms with E-state index in [2.05, 4.69) is 0 Å². The Morgan fingerprint density at radius 2 is 1.91 bits per heavy atom. The Morgan fingerprint density at radius 1 is 1.16 bits per heavy atom. The summed E-state index contributed by atoms with van der Waals surface area (Å²) in [7, 11) is 1.80. The number of benzene rings is 2. The van der Waals surface area contributed by atoms with E-state index in [1.807, 2.05) is 68.5 Å². The highest BCUT2D eigenvalue weighted by Gasteiger charge is 2.37. The van der Waals surface area contributed by atoms with Gasteiger partial charge in [0.2, 0.25) is 0 Å². The molecule has 5 rings (SSSR count). The predicted octanol–water partition coefficient (Wildman–Crippen LogP) is 4.21. The quantitative estimate of drug-likeness (QED) is 0.430. The minimum Gasteiger partial charge on any atom is -0.490 e. The van der Waals surface area contributed by atoms with Crippen LogP contribution in [0.15, 0.2) is 58.2 Å². The molecule has 0 N–H and O–H groups in total. The Kier molecular flexibility index (Phi) is 5.06. The van der Waals surface area contributed by atoms with Crippen molar-refractivity contribution in [2.45, 2.75) is 26.4 Å². The molecule has 2 aromatic carbocycles. The Hall–Kier alpha value is -3.10. The van der Waals surface area contributed by atoms with Crippen LogP contribution in [-0.4, -0.2) is 25.7 Å². The fraction of sp³-hybridized carbons (Fsp3) is 0.208. The Bertz CT molecular complexity index is 1350. The van der Waals surface area contributed by atoms with Crippen LogP contribution in [0.5, 0.6) is 5.75 Å². The minimum absolute atomic E-state index is 0.159. The number of amides is 1. The maximum Gasteiger partial charge on any atom is 0.296 e. The van der Waals surface area contributed by atoms with Gasteiger partial charge >= 0.3 is 0 Å². The van der Waals surface area contributed by atoms with E-state index in [9.17, 15) is 9.59 Å². The molecule has 6 nitrogen and oxygen atoms in total. The van der Waals surface area contributed by atoms with E-state index in [-0.39, 0.29) is 17.6 Å². The summed E-state index contributed by atoms with van der Waals surface area (Å²) in [6.45, 7) is 3.86. The third-order valence-electron chi connectivity index (χ3n) is 5.76. The van der Waals surface area contributed by atoms with Crippen LogP contribution < -0.4 is 15.2 Å². The van der Waals surface area contributed by atoms with Crippen molar-refractivity contribution < 1.29 is 9.53 Å². The number of hydrogen-bond donors (Lipinski definition) is 0. The average Bonchev–Trinajstić information content (AvgIpc) is 3.34. The van der Waals surface area contributed by atoms with Crippen molar-refractivity contribution in [3.63, 3.8) is 0 Å². The van der Waals surface area contributed by atoms with E-state index in [1.54, 1.807) is 16.4 Å². The second-order valence-electron chi connectivity index (χ2n) is 7.93. The SMILES string of the molecule is Cc1c(N2C(=O)/C(=C/c3ccc4c(c3)C[C@@H](C)O4)SC2=S)c(=O)n(-c2ccccc2)n1C. The monoisotopic (exact) mass is 463 g/mol. The fourth-order valence-electron chi connectivity index (χ4n) is 4.16. The third kappa shape index (κ3) is 3.30. The minimum atomic E-state index is -0.281. The number of fused-ring (bicyclic) bond motifs is 1. The number of anilines is 1. The fourth-order valence-corrected chi connectivity index (χ4v) is 5.43. The Morgan fingerprint density at radius 3 is 2.66 bits per heavy atom. The van der Waals surface area contributed by atoms with Crippen molar-refractivity contribution in [2.75, 3.05) is 4.90 Å². The van der Waals surface area contributed by atoms with Gasteiger partial charge in [0.25, 0.3) is 11.5 Å². The number of thioether (sulfide) groups is 1. The summed E-state index contributed by atoms with van der Waals surface area (Å²) in [4.78, 5) is 28.6. The van der Waals surface area contributed by atoms with E-state index < -0.39 is 0 Å². The van der Waals surface area contributed by atoms with E-state index in [0.29, 0.717) is 20.6 Å². The topological polar surface area (TPSA) is 56.5 Å². The largest absolute Gasteiger partial charge is 0.490 e. The van der Waals surface area contributed by atoms with Crippen molar-refractivity contribution in [1.82, 2.24) is 9.36 Å². The van der Waals surface area contributed by atoms with Gasteiger partial charge in [0, 0.05) is 13.5 Å². The smallest absolute Gasteiger partial charge is 0.296 e. The summed E-state index contributed by atoms with van der Waals surface area (Å²) < 4.78 is 9.41. The van der Waals surface area contributed by atoms with Crippen molar-refractivity contribution in [3.05, 3.63) is 80.6 Å².